The molecular weight excluding hydrogens is 276 g/mol. The summed E-state index contributed by atoms with van der Waals surface area (Å²) in [6, 6.07) is -1.25. The van der Waals surface area contributed by atoms with E-state index in [1.165, 1.54) is 7.11 Å². The second kappa shape index (κ2) is 7.97. The Morgan fingerprint density at radius 2 is 2.14 bits per heavy atom. The average molecular weight is 300 g/mol. The quantitative estimate of drug-likeness (QED) is 0.584. The molecule has 2 atom stereocenters. The lowest BCUT2D eigenvalue weighted by Crippen LogP contribution is -2.54. The number of carboxylic acids is 1. The van der Waals surface area contributed by atoms with E-state index >= 15 is 0 Å². The Hall–Kier alpha value is -1.63. The van der Waals surface area contributed by atoms with Gasteiger partial charge >= 0.3 is 11.9 Å². The van der Waals surface area contributed by atoms with Crippen molar-refractivity contribution in [3.05, 3.63) is 0 Å². The number of methoxy groups -OCH3 is 1. The van der Waals surface area contributed by atoms with Gasteiger partial charge in [0.15, 0.2) is 0 Å². The van der Waals surface area contributed by atoms with Crippen LogP contribution < -0.4 is 10.6 Å². The second-order valence-corrected chi connectivity index (χ2v) is 5.46. The van der Waals surface area contributed by atoms with Crippen LogP contribution in [-0.2, 0) is 19.1 Å². The maximum absolute atomic E-state index is 12.5. The SMILES string of the molecule is CCCC1(C(=O)N[C@@H](CC(=O)OC)C(=O)O)CCCNC1. The molecule has 1 aliphatic rings. The van der Waals surface area contributed by atoms with Crippen molar-refractivity contribution in [1.29, 1.82) is 0 Å². The predicted octanol–water partition coefficient (Wildman–Crippen LogP) is 0.289. The van der Waals surface area contributed by atoms with E-state index in [1.807, 2.05) is 6.92 Å². The predicted molar refractivity (Wildman–Crippen MR) is 75.6 cm³/mol. The second-order valence-electron chi connectivity index (χ2n) is 5.46. The molecular formula is C14H24N2O5. The van der Waals surface area contributed by atoms with Gasteiger partial charge in [0.05, 0.1) is 18.9 Å². The van der Waals surface area contributed by atoms with Crippen LogP contribution in [0.4, 0.5) is 0 Å². The third-order valence-electron chi connectivity index (χ3n) is 3.88. The van der Waals surface area contributed by atoms with Crippen molar-refractivity contribution in [1.82, 2.24) is 10.6 Å². The lowest BCUT2D eigenvalue weighted by molar-refractivity contribution is -0.150. The normalized spacial score (nSPS) is 23.1. The summed E-state index contributed by atoms with van der Waals surface area (Å²) < 4.78 is 4.46. The molecule has 1 aliphatic heterocycles. The van der Waals surface area contributed by atoms with Crippen LogP contribution in [0.3, 0.4) is 0 Å². The van der Waals surface area contributed by atoms with Gasteiger partial charge in [0.25, 0.3) is 0 Å². The minimum Gasteiger partial charge on any atom is -0.480 e. The largest absolute Gasteiger partial charge is 0.480 e. The lowest BCUT2D eigenvalue weighted by Gasteiger charge is -2.36. The van der Waals surface area contributed by atoms with E-state index in [2.05, 4.69) is 15.4 Å². The Morgan fingerprint density at radius 3 is 2.62 bits per heavy atom. The first-order chi connectivity index (χ1) is 9.95. The van der Waals surface area contributed by atoms with Crippen LogP contribution in [0.2, 0.25) is 0 Å². The first-order valence-electron chi connectivity index (χ1n) is 7.26. The summed E-state index contributed by atoms with van der Waals surface area (Å²) in [7, 11) is 1.19. The van der Waals surface area contributed by atoms with Crippen molar-refractivity contribution in [2.45, 2.75) is 45.1 Å². The van der Waals surface area contributed by atoms with Crippen LogP contribution >= 0.6 is 0 Å². The molecule has 0 aromatic rings. The van der Waals surface area contributed by atoms with Gasteiger partial charge in [-0.05, 0) is 25.8 Å². The average Bonchev–Trinajstić information content (AvgIpc) is 2.47. The standard InChI is InChI=1S/C14H24N2O5/c1-3-5-14(6-4-7-15-9-14)13(20)16-10(12(18)19)8-11(17)21-2/h10,15H,3-9H2,1-2H3,(H,16,20)(H,18,19)/t10-,14?/m0/s1. The molecule has 21 heavy (non-hydrogen) atoms. The van der Waals surface area contributed by atoms with Crippen molar-refractivity contribution >= 4 is 17.8 Å². The Morgan fingerprint density at radius 1 is 1.43 bits per heavy atom. The highest BCUT2D eigenvalue weighted by Gasteiger charge is 2.40. The van der Waals surface area contributed by atoms with Gasteiger partial charge in [0.2, 0.25) is 5.91 Å². The Labute approximate surface area is 124 Å². The molecule has 3 N–H and O–H groups in total. The molecule has 7 heteroatoms. The number of hydrogen-bond donors (Lipinski definition) is 3. The third kappa shape index (κ3) is 4.70. The summed E-state index contributed by atoms with van der Waals surface area (Å²) in [6.07, 6.45) is 2.76. The summed E-state index contributed by atoms with van der Waals surface area (Å²) in [5, 5.41) is 14.8. The maximum Gasteiger partial charge on any atom is 0.326 e. The number of carbonyl (C=O) groups is 3. The van der Waals surface area contributed by atoms with Gasteiger partial charge in [-0.25, -0.2) is 4.79 Å². The molecule has 1 unspecified atom stereocenters. The fourth-order valence-electron chi connectivity index (χ4n) is 2.73. The van der Waals surface area contributed by atoms with Crippen molar-refractivity contribution in [2.75, 3.05) is 20.2 Å². The zero-order valence-corrected chi connectivity index (χ0v) is 12.6. The monoisotopic (exact) mass is 300 g/mol. The molecule has 0 aliphatic carbocycles. The summed E-state index contributed by atoms with van der Waals surface area (Å²) >= 11 is 0. The van der Waals surface area contributed by atoms with Crippen LogP contribution in [0.25, 0.3) is 0 Å². The van der Waals surface area contributed by atoms with E-state index < -0.39 is 23.4 Å². The van der Waals surface area contributed by atoms with E-state index in [0.717, 1.165) is 25.8 Å². The molecule has 1 rings (SSSR count). The van der Waals surface area contributed by atoms with E-state index in [1.54, 1.807) is 0 Å². The van der Waals surface area contributed by atoms with E-state index in [-0.39, 0.29) is 12.3 Å². The summed E-state index contributed by atoms with van der Waals surface area (Å²) in [4.78, 5) is 35.0. The molecule has 0 saturated carbocycles. The fourth-order valence-corrected chi connectivity index (χ4v) is 2.73. The van der Waals surface area contributed by atoms with Gasteiger partial charge < -0.3 is 20.5 Å². The zero-order chi connectivity index (χ0) is 15.9. The molecule has 0 spiro atoms. The van der Waals surface area contributed by atoms with Gasteiger partial charge in [-0.1, -0.05) is 13.3 Å². The molecule has 0 aromatic carbocycles. The van der Waals surface area contributed by atoms with Crippen molar-refractivity contribution in [2.24, 2.45) is 5.41 Å². The zero-order valence-electron chi connectivity index (χ0n) is 12.6. The van der Waals surface area contributed by atoms with Crippen molar-refractivity contribution < 1.29 is 24.2 Å². The molecule has 0 bridgehead atoms. The minimum atomic E-state index is -1.25. The maximum atomic E-state index is 12.5. The highest BCUT2D eigenvalue weighted by Crippen LogP contribution is 2.32. The summed E-state index contributed by atoms with van der Waals surface area (Å²) in [6.45, 7) is 3.40. The van der Waals surface area contributed by atoms with Crippen LogP contribution in [0.15, 0.2) is 0 Å². The van der Waals surface area contributed by atoms with Gasteiger partial charge in [-0.2, -0.15) is 0 Å². The highest BCUT2D eigenvalue weighted by molar-refractivity contribution is 5.90. The Balaban J connectivity index is 2.77. The van der Waals surface area contributed by atoms with Crippen LogP contribution in [0, 0.1) is 5.41 Å². The smallest absolute Gasteiger partial charge is 0.326 e. The number of esters is 1. The first kappa shape index (κ1) is 17.4. The topological polar surface area (TPSA) is 105 Å². The molecule has 7 nitrogen and oxygen atoms in total. The number of aliphatic carboxylic acids is 1. The Kier molecular flexibility index (Phi) is 6.61. The highest BCUT2D eigenvalue weighted by atomic mass is 16.5. The van der Waals surface area contributed by atoms with Crippen molar-refractivity contribution in [3.8, 4) is 0 Å². The van der Waals surface area contributed by atoms with Gasteiger partial charge in [-0.15, -0.1) is 0 Å². The molecule has 0 aromatic heterocycles. The molecule has 1 amide bonds. The molecule has 1 heterocycles. The van der Waals surface area contributed by atoms with Crippen LogP contribution in [0.5, 0.6) is 0 Å². The number of hydrogen-bond acceptors (Lipinski definition) is 5. The van der Waals surface area contributed by atoms with E-state index in [4.69, 9.17) is 5.11 Å². The van der Waals surface area contributed by atoms with Gasteiger partial charge in [0, 0.05) is 6.54 Å². The van der Waals surface area contributed by atoms with Crippen LogP contribution in [-0.4, -0.2) is 49.2 Å². The third-order valence-corrected chi connectivity index (χ3v) is 3.88. The Bertz CT molecular complexity index is 385. The first-order valence-corrected chi connectivity index (χ1v) is 7.26. The van der Waals surface area contributed by atoms with Gasteiger partial charge in [-0.3, -0.25) is 9.59 Å². The van der Waals surface area contributed by atoms with E-state index in [0.29, 0.717) is 13.0 Å². The number of carboxylic acid groups (broad SMARTS) is 1. The molecule has 120 valence electrons. The lowest BCUT2D eigenvalue weighted by atomic mass is 9.76. The molecule has 1 fully saturated rings. The minimum absolute atomic E-state index is 0.298. The number of carbonyl (C=O) groups excluding carboxylic acids is 2. The fraction of sp³-hybridized carbons (Fsp3) is 0.786. The number of nitrogens with one attached hydrogen (secondary N) is 2. The summed E-state index contributed by atoms with van der Waals surface area (Å²) in [5.74, 6) is -2.19. The number of piperidine rings is 1. The molecule has 1 saturated heterocycles. The number of ether oxygens (including phenoxy) is 1. The number of amides is 1. The number of rotatable bonds is 7. The summed E-state index contributed by atoms with van der Waals surface area (Å²) in [5.41, 5.74) is -0.586. The van der Waals surface area contributed by atoms with Crippen molar-refractivity contribution in [3.63, 3.8) is 0 Å². The van der Waals surface area contributed by atoms with Gasteiger partial charge in [0.1, 0.15) is 6.04 Å². The van der Waals surface area contributed by atoms with Crippen LogP contribution in [0.1, 0.15) is 39.0 Å². The van der Waals surface area contributed by atoms with E-state index in [9.17, 15) is 14.4 Å². The molecule has 0 radical (unpaired) electrons.